The Balaban J connectivity index is 1.56. The molecule has 2 saturated heterocycles. The number of halogens is 2. The second kappa shape index (κ2) is 9.39. The number of hydrogen-bond acceptors (Lipinski definition) is 6. The van der Waals surface area contributed by atoms with Crippen molar-refractivity contribution >= 4 is 40.6 Å². The van der Waals surface area contributed by atoms with Crippen LogP contribution in [-0.4, -0.2) is 73.0 Å². The first-order valence-electron chi connectivity index (χ1n) is 10.2. The maximum atomic E-state index is 13.0. The third-order valence-electron chi connectivity index (χ3n) is 5.69. The third-order valence-corrected chi connectivity index (χ3v) is 6.15. The normalized spacial score (nSPS) is 20.4. The van der Waals surface area contributed by atoms with Gasteiger partial charge in [0.25, 0.3) is 0 Å². The standard InChI is InChI=1S/C21H26Cl2N6O/c22-16-3-1-15(2-4-16)19-13-28(20(30)14-27-7-5-25-6-8-27)9-10-29(19)21-18(24)11-17(23)12-26-21/h1-4,11-12,19,25H,5-10,13-14,24H2. The van der Waals surface area contributed by atoms with E-state index in [2.05, 4.69) is 20.1 Å². The maximum Gasteiger partial charge on any atom is 0.236 e. The number of hydrogen-bond donors (Lipinski definition) is 2. The molecule has 1 atom stereocenters. The highest BCUT2D eigenvalue weighted by Gasteiger charge is 2.33. The Hall–Kier alpha value is -2.06. The van der Waals surface area contributed by atoms with E-state index in [1.165, 1.54) is 0 Å². The van der Waals surface area contributed by atoms with E-state index >= 15 is 0 Å². The number of anilines is 2. The highest BCUT2D eigenvalue weighted by Crippen LogP contribution is 2.34. The average Bonchev–Trinajstić information content (AvgIpc) is 2.75. The molecule has 0 saturated carbocycles. The van der Waals surface area contributed by atoms with Crippen molar-refractivity contribution in [3.8, 4) is 0 Å². The summed E-state index contributed by atoms with van der Waals surface area (Å²) < 4.78 is 0. The topological polar surface area (TPSA) is 77.7 Å². The minimum absolute atomic E-state index is 0.0704. The molecule has 7 nitrogen and oxygen atoms in total. The summed E-state index contributed by atoms with van der Waals surface area (Å²) in [6, 6.07) is 9.38. The fraction of sp³-hybridized carbons (Fsp3) is 0.429. The van der Waals surface area contributed by atoms with E-state index in [0.717, 1.165) is 31.7 Å². The quantitative estimate of drug-likeness (QED) is 0.746. The zero-order valence-corrected chi connectivity index (χ0v) is 18.2. The lowest BCUT2D eigenvalue weighted by Gasteiger charge is -2.43. The van der Waals surface area contributed by atoms with Gasteiger partial charge in [-0.3, -0.25) is 9.69 Å². The summed E-state index contributed by atoms with van der Waals surface area (Å²) in [5.74, 6) is 0.848. The first-order chi connectivity index (χ1) is 14.5. The van der Waals surface area contributed by atoms with Gasteiger partial charge >= 0.3 is 0 Å². The number of carbonyl (C=O) groups is 1. The van der Waals surface area contributed by atoms with Crippen LogP contribution in [0.3, 0.4) is 0 Å². The van der Waals surface area contributed by atoms with Gasteiger partial charge in [-0.25, -0.2) is 4.98 Å². The SMILES string of the molecule is Nc1cc(Cl)cnc1N1CCN(C(=O)CN2CCNCC2)CC1c1ccc(Cl)cc1. The van der Waals surface area contributed by atoms with Crippen molar-refractivity contribution in [3.63, 3.8) is 0 Å². The summed E-state index contributed by atoms with van der Waals surface area (Å²) >= 11 is 12.1. The van der Waals surface area contributed by atoms with Crippen LogP contribution in [0.5, 0.6) is 0 Å². The van der Waals surface area contributed by atoms with Crippen molar-refractivity contribution in [1.29, 1.82) is 0 Å². The van der Waals surface area contributed by atoms with E-state index in [4.69, 9.17) is 28.9 Å². The van der Waals surface area contributed by atoms with Gasteiger partial charge < -0.3 is 20.9 Å². The predicted molar refractivity (Wildman–Crippen MR) is 121 cm³/mol. The highest BCUT2D eigenvalue weighted by molar-refractivity contribution is 6.31. The van der Waals surface area contributed by atoms with Crippen molar-refractivity contribution in [2.75, 3.05) is 63.0 Å². The Kier molecular flexibility index (Phi) is 6.63. The van der Waals surface area contributed by atoms with Crippen LogP contribution in [0.1, 0.15) is 11.6 Å². The van der Waals surface area contributed by atoms with Crippen LogP contribution in [-0.2, 0) is 4.79 Å². The molecule has 2 aliphatic rings. The second-order valence-electron chi connectivity index (χ2n) is 7.69. The number of nitrogens with two attached hydrogens (primary N) is 1. The van der Waals surface area contributed by atoms with E-state index in [1.807, 2.05) is 29.2 Å². The summed E-state index contributed by atoms with van der Waals surface area (Å²) in [6.45, 7) is 5.94. The minimum Gasteiger partial charge on any atom is -0.396 e. The molecule has 3 heterocycles. The van der Waals surface area contributed by atoms with Crippen LogP contribution in [0.2, 0.25) is 10.0 Å². The van der Waals surface area contributed by atoms with Crippen molar-refractivity contribution in [1.82, 2.24) is 20.1 Å². The van der Waals surface area contributed by atoms with E-state index in [9.17, 15) is 4.79 Å². The van der Waals surface area contributed by atoms with Crippen LogP contribution in [0.4, 0.5) is 11.5 Å². The van der Waals surface area contributed by atoms with Crippen molar-refractivity contribution in [3.05, 3.63) is 52.1 Å². The maximum absolute atomic E-state index is 13.0. The summed E-state index contributed by atoms with van der Waals surface area (Å²) in [5, 5.41) is 4.50. The molecular weight excluding hydrogens is 423 g/mol. The van der Waals surface area contributed by atoms with Gasteiger partial charge in [0.05, 0.1) is 23.3 Å². The molecule has 2 fully saturated rings. The first kappa shape index (κ1) is 21.2. The van der Waals surface area contributed by atoms with Crippen LogP contribution < -0.4 is 16.0 Å². The molecule has 1 amide bonds. The summed E-state index contributed by atoms with van der Waals surface area (Å²) in [6.07, 6.45) is 1.61. The van der Waals surface area contributed by atoms with Gasteiger partial charge in [-0.05, 0) is 23.8 Å². The average molecular weight is 449 g/mol. The smallest absolute Gasteiger partial charge is 0.236 e. The number of pyridine rings is 1. The first-order valence-corrected chi connectivity index (χ1v) is 10.9. The molecule has 1 aromatic heterocycles. The van der Waals surface area contributed by atoms with Gasteiger partial charge in [0.1, 0.15) is 0 Å². The molecule has 0 radical (unpaired) electrons. The lowest BCUT2D eigenvalue weighted by Crippen LogP contribution is -2.54. The Morgan fingerprint density at radius 1 is 1.10 bits per heavy atom. The molecule has 0 bridgehead atoms. The number of piperazine rings is 2. The van der Waals surface area contributed by atoms with E-state index in [0.29, 0.717) is 47.7 Å². The van der Waals surface area contributed by atoms with Gasteiger partial charge in [-0.15, -0.1) is 0 Å². The fourth-order valence-electron chi connectivity index (χ4n) is 4.08. The zero-order chi connectivity index (χ0) is 21.1. The van der Waals surface area contributed by atoms with Crippen molar-refractivity contribution < 1.29 is 4.79 Å². The number of aromatic nitrogens is 1. The van der Waals surface area contributed by atoms with Gasteiger partial charge in [0.15, 0.2) is 5.82 Å². The van der Waals surface area contributed by atoms with Gasteiger partial charge in [0.2, 0.25) is 5.91 Å². The predicted octanol–water partition coefficient (Wildman–Crippen LogP) is 2.27. The van der Waals surface area contributed by atoms with Crippen LogP contribution in [0.15, 0.2) is 36.5 Å². The van der Waals surface area contributed by atoms with Crippen molar-refractivity contribution in [2.45, 2.75) is 6.04 Å². The van der Waals surface area contributed by atoms with Gasteiger partial charge in [0, 0.05) is 57.0 Å². The lowest BCUT2D eigenvalue weighted by atomic mass is 10.0. The van der Waals surface area contributed by atoms with Gasteiger partial charge in [-0.1, -0.05) is 35.3 Å². The summed E-state index contributed by atoms with van der Waals surface area (Å²) in [5.41, 5.74) is 7.83. The number of benzene rings is 1. The molecule has 9 heteroatoms. The second-order valence-corrected chi connectivity index (χ2v) is 8.57. The Bertz CT molecular complexity index is 888. The zero-order valence-electron chi connectivity index (χ0n) is 16.7. The largest absolute Gasteiger partial charge is 0.396 e. The Labute approximate surface area is 186 Å². The Morgan fingerprint density at radius 2 is 1.83 bits per heavy atom. The Morgan fingerprint density at radius 3 is 2.53 bits per heavy atom. The molecule has 160 valence electrons. The number of rotatable bonds is 4. The van der Waals surface area contributed by atoms with Gasteiger partial charge in [-0.2, -0.15) is 0 Å². The number of amides is 1. The number of carbonyl (C=O) groups excluding carboxylic acids is 1. The molecule has 1 aromatic carbocycles. The van der Waals surface area contributed by atoms with E-state index < -0.39 is 0 Å². The molecule has 2 aliphatic heterocycles. The molecular formula is C21H26Cl2N6O. The minimum atomic E-state index is -0.0704. The number of nitrogen functional groups attached to an aromatic ring is 1. The fourth-order valence-corrected chi connectivity index (χ4v) is 4.37. The monoisotopic (exact) mass is 448 g/mol. The molecule has 30 heavy (non-hydrogen) atoms. The lowest BCUT2D eigenvalue weighted by molar-refractivity contribution is -0.133. The molecule has 0 spiro atoms. The third kappa shape index (κ3) is 4.81. The van der Waals surface area contributed by atoms with Crippen LogP contribution >= 0.6 is 23.2 Å². The highest BCUT2D eigenvalue weighted by atomic mass is 35.5. The van der Waals surface area contributed by atoms with E-state index in [-0.39, 0.29) is 11.9 Å². The molecule has 2 aromatic rings. The molecule has 0 aliphatic carbocycles. The molecule has 4 rings (SSSR count). The van der Waals surface area contributed by atoms with E-state index in [1.54, 1.807) is 12.3 Å². The van der Waals surface area contributed by atoms with Crippen LogP contribution in [0, 0.1) is 0 Å². The molecule has 3 N–H and O–H groups in total. The summed E-state index contributed by atoms with van der Waals surface area (Å²) in [4.78, 5) is 23.8. The van der Waals surface area contributed by atoms with Crippen molar-refractivity contribution in [2.24, 2.45) is 0 Å². The summed E-state index contributed by atoms with van der Waals surface area (Å²) in [7, 11) is 0. The number of nitrogens with one attached hydrogen (secondary N) is 1. The van der Waals surface area contributed by atoms with Crippen LogP contribution in [0.25, 0.3) is 0 Å². The number of nitrogens with zero attached hydrogens (tertiary/aromatic N) is 4. The molecule has 1 unspecified atom stereocenters.